The monoisotopic (exact) mass is 1570 g/mol. The molecule has 3 nitrogen and oxygen atoms in total. The van der Waals surface area contributed by atoms with Crippen LogP contribution in [0.25, 0.3) is 199 Å². The lowest BCUT2D eigenvalue weighted by Crippen LogP contribution is -2.16. The lowest BCUT2D eigenvalue weighted by atomic mass is 9.79. The van der Waals surface area contributed by atoms with Crippen LogP contribution in [0.3, 0.4) is 0 Å². The highest BCUT2D eigenvalue weighted by Gasteiger charge is 2.39. The second-order valence-electron chi connectivity index (χ2n) is 34.7. The van der Waals surface area contributed by atoms with Crippen LogP contribution in [0.4, 0.5) is 0 Å². The predicted octanol–water partition coefficient (Wildman–Crippen LogP) is 32.1. The van der Waals surface area contributed by atoms with E-state index < -0.39 is 0 Å². The van der Waals surface area contributed by atoms with E-state index >= 15 is 0 Å². The third kappa shape index (κ3) is 12.3. The molecule has 0 spiro atoms. The Labute approximate surface area is 718 Å². The van der Waals surface area contributed by atoms with Gasteiger partial charge in [0.05, 0.1) is 17.1 Å². The Bertz CT molecular complexity index is 7590. The highest BCUT2D eigenvalue weighted by molar-refractivity contribution is 6.24. The Morgan fingerprint density at radius 3 is 0.772 bits per heavy atom. The fourth-order valence-electron chi connectivity index (χ4n) is 21.0. The smallest absolute Gasteiger partial charge is 0.0705 e. The number of hydrogen-bond donors (Lipinski definition) is 0. The van der Waals surface area contributed by atoms with Crippen LogP contribution in [0.15, 0.2) is 419 Å². The first-order valence-electron chi connectivity index (χ1n) is 42.9. The lowest BCUT2D eigenvalue weighted by Gasteiger charge is -2.24. The Morgan fingerprint density at radius 1 is 0.154 bits per heavy atom. The Balaban J connectivity index is 0.000000110. The van der Waals surface area contributed by atoms with Crippen LogP contribution in [-0.2, 0) is 16.2 Å². The molecule has 0 bridgehead atoms. The molecule has 0 aliphatic heterocycles. The zero-order chi connectivity index (χ0) is 82.7. The topological polar surface area (TPSA) is 38.7 Å². The van der Waals surface area contributed by atoms with Crippen molar-refractivity contribution in [2.75, 3.05) is 0 Å². The molecule has 0 fully saturated rings. The summed E-state index contributed by atoms with van der Waals surface area (Å²) >= 11 is 0. The van der Waals surface area contributed by atoms with E-state index in [4.69, 9.17) is 15.0 Å². The molecule has 0 N–H and O–H groups in total. The minimum absolute atomic E-state index is 0.00969. The number of pyridine rings is 3. The quantitative estimate of drug-likeness (QED) is 0.135. The minimum atomic E-state index is -0.0808. The summed E-state index contributed by atoms with van der Waals surface area (Å²) in [7, 11) is 0. The lowest BCUT2D eigenvalue weighted by molar-refractivity contribution is 0.660. The van der Waals surface area contributed by atoms with Crippen molar-refractivity contribution in [2.45, 2.75) is 57.8 Å². The van der Waals surface area contributed by atoms with E-state index in [1.54, 1.807) is 0 Å². The molecule has 18 aromatic carbocycles. The number of aromatic nitrogens is 3. The van der Waals surface area contributed by atoms with Crippen molar-refractivity contribution in [1.29, 1.82) is 0 Å². The van der Waals surface area contributed by atoms with E-state index in [0.717, 1.165) is 44.9 Å². The Morgan fingerprint density at radius 2 is 0.407 bits per heavy atom. The molecule has 3 aromatic heterocycles. The molecule has 0 amide bonds. The summed E-state index contributed by atoms with van der Waals surface area (Å²) in [5.41, 5.74) is 37.4. The second-order valence-corrected chi connectivity index (χ2v) is 34.7. The fourth-order valence-corrected chi connectivity index (χ4v) is 21.0. The summed E-state index contributed by atoms with van der Waals surface area (Å²) in [4.78, 5) is 15.2. The van der Waals surface area contributed by atoms with Gasteiger partial charge in [-0.3, -0.25) is 15.0 Å². The number of hydrogen-bond acceptors (Lipinski definition) is 3. The Kier molecular flexibility index (Phi) is 18.0. The standard InChI is InChI=1S/3C40H29N/c1-40(2)35-22-11-10-15-28(35)33-20-12-21-34(39(33)40)36-24-23-27(25-41-36)38-31-18-8-6-16-29(31)37(26-13-4-3-5-14-26)30-17-7-9-19-32(30)38;1-40(2)35-19-11-10-14-29(35)30-22-20-27(24-36(30)40)37-23-21-28(25-41-37)39-33-17-8-6-15-31(33)38(26-12-4-3-5-13-26)32-16-7-9-18-34(32)39;1-40(2)35-19-11-10-14-29(35)34-24-27(20-22-36(34)40)37-23-21-28(25-41-37)39-32-17-8-6-15-30(32)38(26-12-4-3-5-13-26)31-16-7-9-18-33(31)39/h3*3-25H,1-2H3. The van der Waals surface area contributed by atoms with Crippen LogP contribution >= 0.6 is 0 Å². The molecule has 0 saturated carbocycles. The van der Waals surface area contributed by atoms with Crippen molar-refractivity contribution in [3.63, 3.8) is 0 Å². The fraction of sp³-hybridized carbons (Fsp3) is 0.0750. The van der Waals surface area contributed by atoms with Crippen molar-refractivity contribution in [2.24, 2.45) is 0 Å². The van der Waals surface area contributed by atoms with Crippen molar-refractivity contribution in [1.82, 2.24) is 15.0 Å². The minimum Gasteiger partial charge on any atom is -0.256 e. The van der Waals surface area contributed by atoms with Crippen LogP contribution in [0.5, 0.6) is 0 Å². The summed E-state index contributed by atoms with van der Waals surface area (Å²) in [5, 5.41) is 15.0. The van der Waals surface area contributed by atoms with Gasteiger partial charge in [0.1, 0.15) is 0 Å². The first-order valence-corrected chi connectivity index (χ1v) is 42.9. The second kappa shape index (κ2) is 29.7. The molecule has 582 valence electrons. The zero-order valence-electron chi connectivity index (χ0n) is 69.7. The summed E-state index contributed by atoms with van der Waals surface area (Å²) < 4.78 is 0. The summed E-state index contributed by atoms with van der Waals surface area (Å²) in [6.07, 6.45) is 6.18. The third-order valence-electron chi connectivity index (χ3n) is 26.8. The van der Waals surface area contributed by atoms with Gasteiger partial charge in [-0.1, -0.05) is 412 Å². The normalized spacial score (nSPS) is 13.3. The number of rotatable bonds is 9. The highest BCUT2D eigenvalue weighted by atomic mass is 14.7. The average Bonchev–Trinajstić information content (AvgIpc) is 1.68. The number of nitrogens with zero attached hydrogens (tertiary/aromatic N) is 3. The maximum atomic E-state index is 5.13. The summed E-state index contributed by atoms with van der Waals surface area (Å²) in [6.45, 7) is 14.0. The average molecular weight is 1570 g/mol. The van der Waals surface area contributed by atoms with Gasteiger partial charge in [-0.05, 0) is 212 Å². The third-order valence-corrected chi connectivity index (χ3v) is 26.8. The van der Waals surface area contributed by atoms with Crippen LogP contribution in [0.1, 0.15) is 74.9 Å². The summed E-state index contributed by atoms with van der Waals surface area (Å²) in [6, 6.07) is 145. The zero-order valence-corrected chi connectivity index (χ0v) is 69.7. The van der Waals surface area contributed by atoms with Gasteiger partial charge in [-0.25, -0.2) is 0 Å². The number of fused-ring (bicyclic) bond motifs is 15. The van der Waals surface area contributed by atoms with Crippen molar-refractivity contribution < 1.29 is 0 Å². The molecule has 3 aliphatic carbocycles. The van der Waals surface area contributed by atoms with Gasteiger partial charge < -0.3 is 0 Å². The van der Waals surface area contributed by atoms with Gasteiger partial charge in [-0.2, -0.15) is 0 Å². The molecule has 0 saturated heterocycles. The van der Waals surface area contributed by atoms with E-state index in [-0.39, 0.29) is 16.2 Å². The van der Waals surface area contributed by atoms with Crippen LogP contribution < -0.4 is 0 Å². The van der Waals surface area contributed by atoms with Crippen LogP contribution in [-0.4, -0.2) is 15.0 Å². The summed E-state index contributed by atoms with van der Waals surface area (Å²) in [5.74, 6) is 0. The van der Waals surface area contributed by atoms with Crippen molar-refractivity contribution in [3.05, 3.63) is 452 Å². The predicted molar refractivity (Wildman–Crippen MR) is 519 cm³/mol. The van der Waals surface area contributed by atoms with E-state index in [2.05, 4.69) is 461 Å². The first-order chi connectivity index (χ1) is 60.3. The van der Waals surface area contributed by atoms with Crippen LogP contribution in [0, 0.1) is 0 Å². The maximum Gasteiger partial charge on any atom is 0.0705 e. The number of benzene rings is 18. The largest absolute Gasteiger partial charge is 0.256 e. The SMILES string of the molecule is CC1(C)c2ccccc2-c2cc(-c3ccc(-c4c5ccccc5c(-c5ccccc5)c5ccccc45)cn3)ccc21.CC1(C)c2ccccc2-c2ccc(-c3ccc(-c4c5ccccc5c(-c5ccccc5)c5ccccc45)cn3)cc21.CC1(C)c2ccccc2-c2cccc(-c3ccc(-c4c5ccccc5c(-c5ccccc5)c5ccccc45)cn3)c21. The van der Waals surface area contributed by atoms with Crippen LogP contribution in [0.2, 0.25) is 0 Å². The van der Waals surface area contributed by atoms with Crippen molar-refractivity contribution >= 4 is 64.6 Å². The molecular formula is C120H87N3. The van der Waals surface area contributed by atoms with E-state index in [9.17, 15) is 0 Å². The Hall–Kier alpha value is -15.0. The molecule has 3 heterocycles. The molecule has 21 aromatic rings. The molecule has 3 aliphatic rings. The van der Waals surface area contributed by atoms with Gasteiger partial charge in [0.25, 0.3) is 0 Å². The van der Waals surface area contributed by atoms with Gasteiger partial charge in [0, 0.05) is 68.2 Å². The molecule has 3 heteroatoms. The molecular weight excluding hydrogens is 1480 g/mol. The highest BCUT2D eigenvalue weighted by Crippen LogP contribution is 2.56. The van der Waals surface area contributed by atoms with Gasteiger partial charge in [0.15, 0.2) is 0 Å². The molecule has 0 unspecified atom stereocenters. The molecule has 123 heavy (non-hydrogen) atoms. The van der Waals surface area contributed by atoms with Gasteiger partial charge in [0.2, 0.25) is 0 Å². The van der Waals surface area contributed by atoms with E-state index in [1.165, 1.54) is 187 Å². The van der Waals surface area contributed by atoms with Gasteiger partial charge >= 0.3 is 0 Å². The van der Waals surface area contributed by atoms with E-state index in [0.29, 0.717) is 0 Å². The maximum absolute atomic E-state index is 5.13. The van der Waals surface area contributed by atoms with E-state index in [1.807, 2.05) is 0 Å². The van der Waals surface area contributed by atoms with Crippen molar-refractivity contribution in [3.8, 4) is 134 Å². The van der Waals surface area contributed by atoms with Gasteiger partial charge in [-0.15, -0.1) is 0 Å². The molecule has 0 radical (unpaired) electrons. The molecule has 0 atom stereocenters. The molecule has 24 rings (SSSR count). The first kappa shape index (κ1) is 74.3.